The van der Waals surface area contributed by atoms with Gasteiger partial charge in [-0.15, -0.1) is 0 Å². The maximum Gasteiger partial charge on any atom is 0.183 e. The van der Waals surface area contributed by atoms with Crippen LogP contribution in [-0.2, 0) is 0 Å². The molecular weight excluding hydrogens is 184 g/mol. The van der Waals surface area contributed by atoms with Crippen LogP contribution >= 0.6 is 11.8 Å². The third kappa shape index (κ3) is 4.90. The van der Waals surface area contributed by atoms with Crippen LogP contribution in [0.3, 0.4) is 0 Å². The Labute approximate surface area is 82.7 Å². The van der Waals surface area contributed by atoms with Gasteiger partial charge in [-0.1, -0.05) is 18.2 Å². The number of nitrogens with two attached hydrogens (primary N) is 1. The molecule has 0 aliphatic carbocycles. The van der Waals surface area contributed by atoms with Gasteiger partial charge in [0, 0.05) is 11.8 Å². The van der Waals surface area contributed by atoms with Gasteiger partial charge in [0.1, 0.15) is 6.33 Å². The van der Waals surface area contributed by atoms with E-state index in [-0.39, 0.29) is 0 Å². The van der Waals surface area contributed by atoms with E-state index in [0.717, 1.165) is 17.3 Å². The van der Waals surface area contributed by atoms with Crippen molar-refractivity contribution in [1.82, 2.24) is 15.2 Å². The molecule has 0 fully saturated rings. The van der Waals surface area contributed by atoms with E-state index in [4.69, 9.17) is 5.73 Å². The van der Waals surface area contributed by atoms with Gasteiger partial charge in [0.25, 0.3) is 0 Å². The molecule has 0 saturated heterocycles. The van der Waals surface area contributed by atoms with E-state index in [1.165, 1.54) is 19.2 Å². The lowest BCUT2D eigenvalue weighted by atomic mass is 10.2. The van der Waals surface area contributed by atoms with Gasteiger partial charge < -0.3 is 5.73 Å². The van der Waals surface area contributed by atoms with Gasteiger partial charge in [0.15, 0.2) is 5.16 Å². The van der Waals surface area contributed by atoms with Crippen LogP contribution in [-0.4, -0.2) is 27.0 Å². The Hall–Kier alpha value is -0.550. The molecule has 1 aromatic heterocycles. The zero-order valence-corrected chi connectivity index (χ0v) is 8.68. The van der Waals surface area contributed by atoms with Crippen LogP contribution in [0.25, 0.3) is 0 Å². The van der Waals surface area contributed by atoms with E-state index < -0.39 is 0 Å². The monoisotopic (exact) mass is 200 g/mol. The zero-order valence-electron chi connectivity index (χ0n) is 7.86. The van der Waals surface area contributed by atoms with Crippen LogP contribution in [0.1, 0.15) is 26.2 Å². The SMILES string of the molecule is CC(N)CCCCSc1ncn[nH]1. The molecule has 1 rings (SSSR count). The summed E-state index contributed by atoms with van der Waals surface area (Å²) in [6.45, 7) is 2.05. The van der Waals surface area contributed by atoms with Crippen molar-refractivity contribution < 1.29 is 0 Å². The molecule has 1 aromatic rings. The highest BCUT2D eigenvalue weighted by Gasteiger charge is 1.97. The Morgan fingerprint density at radius 3 is 3.08 bits per heavy atom. The highest BCUT2D eigenvalue weighted by Crippen LogP contribution is 2.13. The van der Waals surface area contributed by atoms with Gasteiger partial charge in [-0.3, -0.25) is 5.10 Å². The molecule has 0 amide bonds. The number of nitrogens with zero attached hydrogens (tertiary/aromatic N) is 2. The fourth-order valence-corrected chi connectivity index (χ4v) is 1.78. The van der Waals surface area contributed by atoms with Crippen molar-refractivity contribution in [3.63, 3.8) is 0 Å². The fourth-order valence-electron chi connectivity index (χ4n) is 1.00. The standard InChI is InChI=1S/C8H16N4S/c1-7(9)4-2-3-5-13-8-10-6-11-12-8/h6-7H,2-5,9H2,1H3,(H,10,11,12). The first-order valence-electron chi connectivity index (χ1n) is 4.53. The summed E-state index contributed by atoms with van der Waals surface area (Å²) in [4.78, 5) is 4.02. The number of thioether (sulfide) groups is 1. The van der Waals surface area contributed by atoms with Crippen molar-refractivity contribution in [2.75, 3.05) is 5.75 Å². The highest BCUT2D eigenvalue weighted by molar-refractivity contribution is 7.99. The Balaban J connectivity index is 1.96. The number of aromatic amines is 1. The number of unbranched alkanes of at least 4 members (excludes halogenated alkanes) is 1. The predicted octanol–water partition coefficient (Wildman–Crippen LogP) is 1.41. The summed E-state index contributed by atoms with van der Waals surface area (Å²) in [5.74, 6) is 1.09. The minimum Gasteiger partial charge on any atom is -0.328 e. The largest absolute Gasteiger partial charge is 0.328 e. The third-order valence-electron chi connectivity index (χ3n) is 1.69. The lowest BCUT2D eigenvalue weighted by Gasteiger charge is -2.02. The van der Waals surface area contributed by atoms with Gasteiger partial charge in [-0.05, 0) is 19.8 Å². The molecule has 3 N–H and O–H groups in total. The minimum absolute atomic E-state index is 0.329. The van der Waals surface area contributed by atoms with Crippen LogP contribution in [0.15, 0.2) is 11.5 Å². The molecule has 1 atom stereocenters. The van der Waals surface area contributed by atoms with E-state index in [2.05, 4.69) is 15.2 Å². The molecule has 0 aliphatic rings. The second-order valence-corrected chi connectivity index (χ2v) is 4.20. The molecule has 0 bridgehead atoms. The first-order valence-corrected chi connectivity index (χ1v) is 5.51. The lowest BCUT2D eigenvalue weighted by molar-refractivity contribution is 0.618. The summed E-state index contributed by atoms with van der Waals surface area (Å²) in [6, 6.07) is 0.329. The van der Waals surface area contributed by atoms with Gasteiger partial charge in [-0.2, -0.15) is 5.10 Å². The van der Waals surface area contributed by atoms with Crippen LogP contribution < -0.4 is 5.73 Å². The molecule has 0 aromatic carbocycles. The number of nitrogens with one attached hydrogen (secondary N) is 1. The molecule has 0 aliphatic heterocycles. The van der Waals surface area contributed by atoms with Crippen LogP contribution in [0.4, 0.5) is 0 Å². The van der Waals surface area contributed by atoms with Crippen molar-refractivity contribution in [3.8, 4) is 0 Å². The van der Waals surface area contributed by atoms with E-state index in [9.17, 15) is 0 Å². The third-order valence-corrected chi connectivity index (χ3v) is 2.65. The van der Waals surface area contributed by atoms with Gasteiger partial charge in [0.05, 0.1) is 0 Å². The Bertz CT molecular complexity index is 210. The van der Waals surface area contributed by atoms with Gasteiger partial charge in [-0.25, -0.2) is 4.98 Å². The Morgan fingerprint density at radius 2 is 2.46 bits per heavy atom. The fraction of sp³-hybridized carbons (Fsp3) is 0.750. The summed E-state index contributed by atoms with van der Waals surface area (Å²) < 4.78 is 0. The molecule has 1 heterocycles. The van der Waals surface area contributed by atoms with E-state index in [1.807, 2.05) is 6.92 Å². The van der Waals surface area contributed by atoms with E-state index in [1.54, 1.807) is 11.8 Å². The van der Waals surface area contributed by atoms with Crippen LogP contribution in [0, 0.1) is 0 Å². The van der Waals surface area contributed by atoms with Crippen molar-refractivity contribution in [2.24, 2.45) is 5.73 Å². The van der Waals surface area contributed by atoms with Crippen LogP contribution in [0.2, 0.25) is 0 Å². The maximum atomic E-state index is 5.63. The van der Waals surface area contributed by atoms with E-state index >= 15 is 0 Å². The first kappa shape index (κ1) is 10.5. The summed E-state index contributed by atoms with van der Waals surface area (Å²) in [7, 11) is 0. The molecule has 0 saturated carbocycles. The van der Waals surface area contributed by atoms with Crippen LogP contribution in [0.5, 0.6) is 0 Å². The number of hydrogen-bond acceptors (Lipinski definition) is 4. The van der Waals surface area contributed by atoms with Crippen molar-refractivity contribution >= 4 is 11.8 Å². The van der Waals surface area contributed by atoms with Gasteiger partial charge >= 0.3 is 0 Å². The average molecular weight is 200 g/mol. The number of hydrogen-bond donors (Lipinski definition) is 2. The van der Waals surface area contributed by atoms with Crippen molar-refractivity contribution in [2.45, 2.75) is 37.4 Å². The molecular formula is C8H16N4S. The summed E-state index contributed by atoms with van der Waals surface area (Å²) >= 11 is 1.71. The smallest absolute Gasteiger partial charge is 0.183 e. The molecule has 74 valence electrons. The summed E-state index contributed by atoms with van der Waals surface area (Å²) in [5.41, 5.74) is 5.63. The zero-order chi connectivity index (χ0) is 9.52. The predicted molar refractivity (Wildman–Crippen MR) is 54.6 cm³/mol. The Kier molecular flexibility index (Phi) is 4.85. The number of H-pyrrole nitrogens is 1. The molecule has 0 radical (unpaired) electrons. The van der Waals surface area contributed by atoms with Crippen molar-refractivity contribution in [1.29, 1.82) is 0 Å². The molecule has 13 heavy (non-hydrogen) atoms. The summed E-state index contributed by atoms with van der Waals surface area (Å²) in [5, 5.41) is 7.49. The first-order chi connectivity index (χ1) is 6.29. The highest BCUT2D eigenvalue weighted by atomic mass is 32.2. The molecule has 4 nitrogen and oxygen atoms in total. The quantitative estimate of drug-likeness (QED) is 0.538. The molecule has 1 unspecified atom stereocenters. The Morgan fingerprint density at radius 1 is 1.62 bits per heavy atom. The molecule has 5 heteroatoms. The van der Waals surface area contributed by atoms with Gasteiger partial charge in [0.2, 0.25) is 0 Å². The minimum atomic E-state index is 0.329. The maximum absolute atomic E-state index is 5.63. The van der Waals surface area contributed by atoms with Crippen molar-refractivity contribution in [3.05, 3.63) is 6.33 Å². The lowest BCUT2D eigenvalue weighted by Crippen LogP contribution is -2.13. The average Bonchev–Trinajstić information content (AvgIpc) is 2.55. The van der Waals surface area contributed by atoms with E-state index in [0.29, 0.717) is 6.04 Å². The molecule has 0 spiro atoms. The topological polar surface area (TPSA) is 67.6 Å². The normalized spacial score (nSPS) is 13.1. The number of rotatable bonds is 6. The second-order valence-electron chi connectivity index (χ2n) is 3.11. The second kappa shape index (κ2) is 5.99. The number of aromatic nitrogens is 3. The summed E-state index contributed by atoms with van der Waals surface area (Å²) in [6.07, 6.45) is 5.02.